The van der Waals surface area contributed by atoms with Gasteiger partial charge in [-0.15, -0.1) is 0 Å². The van der Waals surface area contributed by atoms with Gasteiger partial charge >= 0.3 is 0 Å². The first-order chi connectivity index (χ1) is 7.74. The van der Waals surface area contributed by atoms with E-state index < -0.39 is 0 Å². The van der Waals surface area contributed by atoms with Crippen LogP contribution in [0.15, 0.2) is 27.1 Å². The molecule has 1 fully saturated rings. The van der Waals surface area contributed by atoms with E-state index in [0.717, 1.165) is 21.5 Å². The van der Waals surface area contributed by atoms with Gasteiger partial charge in [0.25, 0.3) is 0 Å². The first-order valence-electron chi connectivity index (χ1n) is 5.92. The fourth-order valence-electron chi connectivity index (χ4n) is 2.28. The topological polar surface area (TPSA) is 12.0 Å². The zero-order valence-corrected chi connectivity index (χ0v) is 12.5. The summed E-state index contributed by atoms with van der Waals surface area (Å²) in [5.74, 6) is 0. The van der Waals surface area contributed by atoms with Crippen LogP contribution in [-0.4, -0.2) is 6.04 Å². The Bertz CT molecular complexity index is 326. The largest absolute Gasteiger partial charge is 0.310 e. The van der Waals surface area contributed by atoms with Crippen LogP contribution in [0.3, 0.4) is 0 Å². The molecule has 0 heterocycles. The molecular formula is C13H17Br2N. The second kappa shape index (κ2) is 6.18. The van der Waals surface area contributed by atoms with Crippen LogP contribution in [0.25, 0.3) is 0 Å². The van der Waals surface area contributed by atoms with Crippen LogP contribution in [0, 0.1) is 0 Å². The van der Waals surface area contributed by atoms with Gasteiger partial charge < -0.3 is 5.32 Å². The number of hydrogen-bond acceptors (Lipinski definition) is 1. The Balaban J connectivity index is 1.88. The van der Waals surface area contributed by atoms with Gasteiger partial charge in [-0.05, 0) is 36.6 Å². The van der Waals surface area contributed by atoms with Crippen molar-refractivity contribution in [1.82, 2.24) is 5.32 Å². The molecule has 0 bridgehead atoms. The minimum Gasteiger partial charge on any atom is -0.310 e. The minimum atomic E-state index is 0.728. The van der Waals surface area contributed by atoms with Crippen LogP contribution < -0.4 is 5.32 Å². The van der Waals surface area contributed by atoms with Crippen molar-refractivity contribution >= 4 is 31.9 Å². The molecular weight excluding hydrogens is 330 g/mol. The molecule has 0 aliphatic heterocycles. The van der Waals surface area contributed by atoms with Gasteiger partial charge in [-0.25, -0.2) is 0 Å². The molecule has 0 atom stereocenters. The first kappa shape index (κ1) is 12.6. The van der Waals surface area contributed by atoms with E-state index in [1.807, 2.05) is 0 Å². The van der Waals surface area contributed by atoms with Gasteiger partial charge in [0.1, 0.15) is 0 Å². The number of benzene rings is 1. The Morgan fingerprint density at radius 2 is 1.62 bits per heavy atom. The molecule has 0 aromatic heterocycles. The lowest BCUT2D eigenvalue weighted by Gasteiger charge is -2.23. The van der Waals surface area contributed by atoms with Crippen LogP contribution >= 0.6 is 31.9 Å². The van der Waals surface area contributed by atoms with E-state index in [9.17, 15) is 0 Å². The Kier molecular flexibility index (Phi) is 4.86. The zero-order chi connectivity index (χ0) is 11.4. The predicted octanol–water partition coefficient (Wildman–Crippen LogP) is 4.63. The maximum absolute atomic E-state index is 3.65. The monoisotopic (exact) mass is 345 g/mol. The maximum atomic E-state index is 3.65. The predicted molar refractivity (Wildman–Crippen MR) is 75.6 cm³/mol. The molecule has 1 aliphatic rings. The molecule has 0 amide bonds. The lowest BCUT2D eigenvalue weighted by atomic mass is 9.95. The van der Waals surface area contributed by atoms with Gasteiger partial charge in [-0.3, -0.25) is 0 Å². The van der Waals surface area contributed by atoms with Crippen LogP contribution in [0.4, 0.5) is 0 Å². The van der Waals surface area contributed by atoms with E-state index in [0.29, 0.717) is 0 Å². The lowest BCUT2D eigenvalue weighted by Crippen LogP contribution is -2.30. The van der Waals surface area contributed by atoms with Crippen LogP contribution in [-0.2, 0) is 6.54 Å². The molecule has 1 aromatic carbocycles. The number of halogens is 2. The molecule has 88 valence electrons. The summed E-state index contributed by atoms with van der Waals surface area (Å²) in [6.45, 7) is 0.975. The zero-order valence-electron chi connectivity index (χ0n) is 9.31. The highest BCUT2D eigenvalue weighted by atomic mass is 79.9. The van der Waals surface area contributed by atoms with Crippen molar-refractivity contribution < 1.29 is 0 Å². The molecule has 0 saturated heterocycles. The van der Waals surface area contributed by atoms with E-state index in [1.54, 1.807) is 0 Å². The summed E-state index contributed by atoms with van der Waals surface area (Å²) < 4.78 is 2.28. The molecule has 0 spiro atoms. The van der Waals surface area contributed by atoms with Gasteiger partial charge in [0.05, 0.1) is 0 Å². The second-order valence-corrected chi connectivity index (χ2v) is 6.32. The molecule has 0 unspecified atom stereocenters. The Hall–Kier alpha value is 0.140. The molecule has 0 radical (unpaired) electrons. The summed E-state index contributed by atoms with van der Waals surface area (Å²) in [5, 5.41) is 3.65. The summed E-state index contributed by atoms with van der Waals surface area (Å²) >= 11 is 7.04. The second-order valence-electron chi connectivity index (χ2n) is 4.49. The molecule has 1 aromatic rings. The SMILES string of the molecule is Brc1cc(Br)cc(CNC2CCCCC2)c1. The first-order valence-corrected chi connectivity index (χ1v) is 7.51. The average molecular weight is 347 g/mol. The smallest absolute Gasteiger partial charge is 0.0208 e. The molecule has 3 heteroatoms. The van der Waals surface area contributed by atoms with Gasteiger partial charge in [0.2, 0.25) is 0 Å². The minimum absolute atomic E-state index is 0.728. The Morgan fingerprint density at radius 1 is 1.00 bits per heavy atom. The van der Waals surface area contributed by atoms with Gasteiger partial charge in [-0.1, -0.05) is 51.1 Å². The van der Waals surface area contributed by atoms with Crippen molar-refractivity contribution in [3.05, 3.63) is 32.7 Å². The van der Waals surface area contributed by atoms with Crippen molar-refractivity contribution in [3.63, 3.8) is 0 Å². The van der Waals surface area contributed by atoms with Gasteiger partial charge in [-0.2, -0.15) is 0 Å². The molecule has 1 saturated carbocycles. The van der Waals surface area contributed by atoms with E-state index in [2.05, 4.69) is 55.4 Å². The highest BCUT2D eigenvalue weighted by molar-refractivity contribution is 9.11. The van der Waals surface area contributed by atoms with E-state index in [1.165, 1.54) is 37.7 Å². The third-order valence-corrected chi connectivity index (χ3v) is 4.04. The van der Waals surface area contributed by atoms with Crippen LogP contribution in [0.5, 0.6) is 0 Å². The van der Waals surface area contributed by atoms with E-state index >= 15 is 0 Å². The standard InChI is InChI=1S/C13H17Br2N/c14-11-6-10(7-12(15)8-11)9-16-13-4-2-1-3-5-13/h6-8,13,16H,1-5,9H2. The molecule has 1 N–H and O–H groups in total. The lowest BCUT2D eigenvalue weighted by molar-refractivity contribution is 0.372. The molecule has 16 heavy (non-hydrogen) atoms. The summed E-state index contributed by atoms with van der Waals surface area (Å²) in [5.41, 5.74) is 1.34. The highest BCUT2D eigenvalue weighted by Crippen LogP contribution is 2.21. The molecule has 1 aliphatic carbocycles. The van der Waals surface area contributed by atoms with E-state index in [-0.39, 0.29) is 0 Å². The summed E-state index contributed by atoms with van der Waals surface area (Å²) in [4.78, 5) is 0. The van der Waals surface area contributed by atoms with Gasteiger partial charge in [0.15, 0.2) is 0 Å². The fraction of sp³-hybridized carbons (Fsp3) is 0.538. The van der Waals surface area contributed by atoms with Crippen molar-refractivity contribution in [2.24, 2.45) is 0 Å². The number of hydrogen-bond donors (Lipinski definition) is 1. The summed E-state index contributed by atoms with van der Waals surface area (Å²) in [6, 6.07) is 7.16. The molecule has 2 rings (SSSR count). The van der Waals surface area contributed by atoms with Crippen molar-refractivity contribution in [3.8, 4) is 0 Å². The van der Waals surface area contributed by atoms with E-state index in [4.69, 9.17) is 0 Å². The number of nitrogens with one attached hydrogen (secondary N) is 1. The third-order valence-electron chi connectivity index (χ3n) is 3.12. The van der Waals surface area contributed by atoms with Crippen molar-refractivity contribution in [1.29, 1.82) is 0 Å². The molecule has 1 nitrogen and oxygen atoms in total. The number of rotatable bonds is 3. The average Bonchev–Trinajstić information content (AvgIpc) is 2.27. The third kappa shape index (κ3) is 3.86. The Morgan fingerprint density at radius 3 is 2.25 bits per heavy atom. The van der Waals surface area contributed by atoms with Crippen molar-refractivity contribution in [2.45, 2.75) is 44.7 Å². The Labute approximate surface area is 114 Å². The van der Waals surface area contributed by atoms with Crippen LogP contribution in [0.2, 0.25) is 0 Å². The maximum Gasteiger partial charge on any atom is 0.0208 e. The highest BCUT2D eigenvalue weighted by Gasteiger charge is 2.12. The normalized spacial score (nSPS) is 17.6. The van der Waals surface area contributed by atoms with Gasteiger partial charge in [0, 0.05) is 21.5 Å². The summed E-state index contributed by atoms with van der Waals surface area (Å²) in [6.07, 6.45) is 6.88. The van der Waals surface area contributed by atoms with Crippen molar-refractivity contribution in [2.75, 3.05) is 0 Å². The van der Waals surface area contributed by atoms with Crippen LogP contribution in [0.1, 0.15) is 37.7 Å². The quantitative estimate of drug-likeness (QED) is 0.841. The summed E-state index contributed by atoms with van der Waals surface area (Å²) in [7, 11) is 0. The fourth-order valence-corrected chi connectivity index (χ4v) is 3.67.